The predicted octanol–water partition coefficient (Wildman–Crippen LogP) is 5.02. The third kappa shape index (κ3) is 5.48. The summed E-state index contributed by atoms with van der Waals surface area (Å²) in [5.41, 5.74) is 2.11. The molecule has 0 saturated carbocycles. The number of nitrogens with zero attached hydrogens (tertiary/aromatic N) is 4. The summed E-state index contributed by atoms with van der Waals surface area (Å²) in [5.74, 6) is -0.765. The molecule has 1 N–H and O–H groups in total. The fraction of sp³-hybridized carbons (Fsp3) is 0.429. The Bertz CT molecular complexity index is 1140. The zero-order chi connectivity index (χ0) is 23.6. The highest BCUT2D eigenvalue weighted by molar-refractivity contribution is 6.32. The lowest BCUT2D eigenvalue weighted by Gasteiger charge is -2.12. The van der Waals surface area contributed by atoms with Crippen molar-refractivity contribution in [3.05, 3.63) is 46.0 Å². The third-order valence-corrected chi connectivity index (χ3v) is 4.99. The molecule has 2 heterocycles. The number of nitrogens with one attached hydrogen (secondary N) is 1. The van der Waals surface area contributed by atoms with Crippen molar-refractivity contribution in [2.24, 2.45) is 5.92 Å². The van der Waals surface area contributed by atoms with Gasteiger partial charge in [0, 0.05) is 23.5 Å². The maximum Gasteiger partial charge on any atom is 0.453 e. The third-order valence-electron chi connectivity index (χ3n) is 4.69. The van der Waals surface area contributed by atoms with Crippen molar-refractivity contribution >= 4 is 29.0 Å². The number of benzene rings is 1. The molecule has 0 aliphatic rings. The smallest absolute Gasteiger partial charge is 0.453 e. The van der Waals surface area contributed by atoms with Gasteiger partial charge in [-0.3, -0.25) is 4.79 Å². The molecule has 0 aliphatic carbocycles. The van der Waals surface area contributed by atoms with Gasteiger partial charge in [-0.2, -0.15) is 18.2 Å². The number of ether oxygens (including phenoxy) is 1. The summed E-state index contributed by atoms with van der Waals surface area (Å²) < 4.78 is 45.4. The number of amides is 1. The Morgan fingerprint density at radius 1 is 1.25 bits per heavy atom. The van der Waals surface area contributed by atoms with Crippen LogP contribution in [0.25, 0.3) is 5.78 Å². The van der Waals surface area contributed by atoms with Crippen LogP contribution in [0.1, 0.15) is 43.0 Å². The molecule has 0 saturated heterocycles. The minimum atomic E-state index is -4.66. The van der Waals surface area contributed by atoms with Crippen molar-refractivity contribution in [3.63, 3.8) is 0 Å². The molecule has 3 rings (SSSR count). The van der Waals surface area contributed by atoms with Gasteiger partial charge in [-0.05, 0) is 49.9 Å². The van der Waals surface area contributed by atoms with Crippen molar-refractivity contribution in [1.82, 2.24) is 19.6 Å². The first-order valence-electron chi connectivity index (χ1n) is 9.98. The van der Waals surface area contributed by atoms with Crippen molar-refractivity contribution in [2.75, 3.05) is 11.9 Å². The van der Waals surface area contributed by atoms with Gasteiger partial charge in [0.1, 0.15) is 5.75 Å². The Balaban J connectivity index is 1.69. The maximum absolute atomic E-state index is 12.9. The number of aromatic nitrogens is 4. The van der Waals surface area contributed by atoms with Gasteiger partial charge in [-0.1, -0.05) is 25.4 Å². The van der Waals surface area contributed by atoms with E-state index in [2.05, 4.69) is 20.4 Å². The summed E-state index contributed by atoms with van der Waals surface area (Å²) in [5, 5.41) is 6.66. The van der Waals surface area contributed by atoms with Crippen LogP contribution in [-0.4, -0.2) is 32.1 Å². The molecule has 0 bridgehead atoms. The van der Waals surface area contributed by atoms with Crippen LogP contribution in [0.3, 0.4) is 0 Å². The first-order chi connectivity index (χ1) is 15.0. The molecule has 2 aromatic heterocycles. The Morgan fingerprint density at radius 3 is 2.59 bits per heavy atom. The summed E-state index contributed by atoms with van der Waals surface area (Å²) in [7, 11) is 0. The van der Waals surface area contributed by atoms with Crippen LogP contribution in [0.4, 0.5) is 18.9 Å². The second kappa shape index (κ2) is 9.32. The van der Waals surface area contributed by atoms with E-state index in [4.69, 9.17) is 16.3 Å². The van der Waals surface area contributed by atoms with Gasteiger partial charge in [-0.15, -0.1) is 5.10 Å². The number of hydrogen-bond acceptors (Lipinski definition) is 5. The summed E-state index contributed by atoms with van der Waals surface area (Å²) in [4.78, 5) is 20.0. The van der Waals surface area contributed by atoms with Gasteiger partial charge in [-0.25, -0.2) is 9.50 Å². The molecule has 0 unspecified atom stereocenters. The Labute approximate surface area is 188 Å². The van der Waals surface area contributed by atoms with E-state index >= 15 is 0 Å². The number of fused-ring (bicyclic) bond motifs is 1. The number of rotatable bonds is 7. The van der Waals surface area contributed by atoms with Crippen molar-refractivity contribution in [1.29, 1.82) is 0 Å². The summed E-state index contributed by atoms with van der Waals surface area (Å²) in [6.07, 6.45) is -4.29. The lowest BCUT2D eigenvalue weighted by molar-refractivity contribution is -0.144. The van der Waals surface area contributed by atoms with E-state index < -0.39 is 12.0 Å². The van der Waals surface area contributed by atoms with Gasteiger partial charge >= 0.3 is 6.18 Å². The molecule has 0 radical (unpaired) electrons. The molecule has 32 heavy (non-hydrogen) atoms. The SMILES string of the molecule is Cc1nc2nc(C(F)(F)F)nn2c(C)c1CCC(=O)Nc1ccc(OCC(C)C)c(Cl)c1. The first kappa shape index (κ1) is 23.8. The Hall–Kier alpha value is -2.88. The molecule has 172 valence electrons. The van der Waals surface area contributed by atoms with E-state index in [-0.39, 0.29) is 24.5 Å². The van der Waals surface area contributed by atoms with Crippen LogP contribution in [-0.2, 0) is 17.4 Å². The average Bonchev–Trinajstić information content (AvgIpc) is 3.11. The highest BCUT2D eigenvalue weighted by Gasteiger charge is 2.37. The average molecular weight is 470 g/mol. The summed E-state index contributed by atoms with van der Waals surface area (Å²) in [6.45, 7) is 7.87. The molecule has 0 atom stereocenters. The largest absolute Gasteiger partial charge is 0.492 e. The van der Waals surface area contributed by atoms with Crippen molar-refractivity contribution < 1.29 is 22.7 Å². The molecule has 3 aromatic rings. The number of carbonyl (C=O) groups excluding carboxylic acids is 1. The van der Waals surface area contributed by atoms with Crippen LogP contribution in [0, 0.1) is 19.8 Å². The van der Waals surface area contributed by atoms with Crippen molar-refractivity contribution in [2.45, 2.75) is 46.7 Å². The summed E-state index contributed by atoms with van der Waals surface area (Å²) >= 11 is 6.22. The van der Waals surface area contributed by atoms with E-state index in [0.29, 0.717) is 45.9 Å². The van der Waals surface area contributed by atoms with Crippen molar-refractivity contribution in [3.8, 4) is 5.75 Å². The molecule has 7 nitrogen and oxygen atoms in total. The van der Waals surface area contributed by atoms with E-state index in [1.165, 1.54) is 0 Å². The second-order valence-electron chi connectivity index (χ2n) is 7.80. The van der Waals surface area contributed by atoms with Gasteiger partial charge in [0.25, 0.3) is 11.6 Å². The molecule has 1 amide bonds. The minimum absolute atomic E-state index is 0.0961. The zero-order valence-corrected chi connectivity index (χ0v) is 18.8. The van der Waals surface area contributed by atoms with Crippen LogP contribution in [0.2, 0.25) is 5.02 Å². The number of alkyl halides is 3. The lowest BCUT2D eigenvalue weighted by atomic mass is 10.1. The first-order valence-corrected chi connectivity index (χ1v) is 10.4. The van der Waals surface area contributed by atoms with Gasteiger partial charge in [0.2, 0.25) is 5.91 Å². The highest BCUT2D eigenvalue weighted by atomic mass is 35.5. The van der Waals surface area contributed by atoms with Crippen LogP contribution >= 0.6 is 11.6 Å². The number of hydrogen-bond donors (Lipinski definition) is 1. The second-order valence-corrected chi connectivity index (χ2v) is 8.21. The number of anilines is 1. The Kier molecular flexibility index (Phi) is 6.92. The number of aryl methyl sites for hydroxylation is 2. The molecule has 1 aromatic carbocycles. The molecule has 0 aliphatic heterocycles. The Morgan fingerprint density at radius 2 is 1.97 bits per heavy atom. The van der Waals surface area contributed by atoms with Gasteiger partial charge in [0.15, 0.2) is 0 Å². The number of carbonyl (C=O) groups is 1. The minimum Gasteiger partial charge on any atom is -0.492 e. The van der Waals surface area contributed by atoms with Crippen LogP contribution < -0.4 is 10.1 Å². The molecule has 0 spiro atoms. The molecular formula is C21H23ClF3N5O2. The maximum atomic E-state index is 12.9. The topological polar surface area (TPSA) is 81.4 Å². The van der Waals surface area contributed by atoms with Crippen LogP contribution in [0.15, 0.2) is 18.2 Å². The summed E-state index contributed by atoms with van der Waals surface area (Å²) in [6, 6.07) is 4.99. The van der Waals surface area contributed by atoms with E-state index in [9.17, 15) is 18.0 Å². The van der Waals surface area contributed by atoms with Crippen LogP contribution in [0.5, 0.6) is 5.75 Å². The molecular weight excluding hydrogens is 447 g/mol. The fourth-order valence-electron chi connectivity index (χ4n) is 3.10. The quantitative estimate of drug-likeness (QED) is 0.525. The zero-order valence-electron chi connectivity index (χ0n) is 18.0. The van der Waals surface area contributed by atoms with Gasteiger partial charge < -0.3 is 10.1 Å². The monoisotopic (exact) mass is 469 g/mol. The van der Waals surface area contributed by atoms with E-state index in [0.717, 1.165) is 4.52 Å². The lowest BCUT2D eigenvalue weighted by Crippen LogP contribution is -2.14. The normalized spacial score (nSPS) is 11.9. The van der Waals surface area contributed by atoms with Gasteiger partial charge in [0.05, 0.1) is 11.6 Å². The van der Waals surface area contributed by atoms with E-state index in [1.54, 1.807) is 32.0 Å². The standard InChI is InChI=1S/C21H23ClF3N5O2/c1-11(2)10-32-17-7-5-14(9-16(17)22)27-18(31)8-6-15-12(3)26-20-28-19(21(23,24)25)29-30(20)13(15)4/h5,7,9,11H,6,8,10H2,1-4H3,(H,27,31). The number of halogens is 4. The highest BCUT2D eigenvalue weighted by Crippen LogP contribution is 2.29. The fourth-order valence-corrected chi connectivity index (χ4v) is 3.34. The molecule has 11 heteroatoms. The predicted molar refractivity (Wildman–Crippen MR) is 114 cm³/mol. The molecule has 0 fully saturated rings. The van der Waals surface area contributed by atoms with E-state index in [1.807, 2.05) is 13.8 Å².